The maximum atomic E-state index is 13.2. The lowest BCUT2D eigenvalue weighted by Gasteiger charge is -2.36. The Morgan fingerprint density at radius 1 is 0.897 bits per heavy atom. The number of carbonyl (C=O) groups excluding carboxylic acids is 1. The molecule has 0 spiro atoms. The first-order chi connectivity index (χ1) is 13.8. The molecule has 3 nitrogen and oxygen atoms in total. The van der Waals surface area contributed by atoms with Crippen molar-refractivity contribution < 1.29 is 9.53 Å². The minimum atomic E-state index is -0.299. The fourth-order valence-electron chi connectivity index (χ4n) is 3.01. The molecule has 0 saturated heterocycles. The smallest absolute Gasteiger partial charge is 0.254 e. The van der Waals surface area contributed by atoms with Crippen molar-refractivity contribution in [1.82, 2.24) is 4.90 Å². The zero-order valence-electron chi connectivity index (χ0n) is 17.1. The van der Waals surface area contributed by atoms with E-state index in [1.807, 2.05) is 83.8 Å². The van der Waals surface area contributed by atoms with Crippen molar-refractivity contribution in [2.75, 3.05) is 0 Å². The molecule has 150 valence electrons. The van der Waals surface area contributed by atoms with Crippen molar-refractivity contribution in [1.29, 1.82) is 0 Å². The largest absolute Gasteiger partial charge is 0.489 e. The van der Waals surface area contributed by atoms with Crippen LogP contribution in [0, 0.1) is 0 Å². The maximum Gasteiger partial charge on any atom is 0.254 e. The van der Waals surface area contributed by atoms with E-state index in [9.17, 15) is 4.79 Å². The molecule has 0 aromatic heterocycles. The van der Waals surface area contributed by atoms with E-state index in [1.165, 1.54) is 0 Å². The molecule has 4 heteroatoms. The van der Waals surface area contributed by atoms with Gasteiger partial charge in [-0.1, -0.05) is 60.1 Å². The molecule has 0 radical (unpaired) electrons. The predicted octanol–water partition coefficient (Wildman–Crippen LogP) is 6.36. The molecular formula is C25H26ClNO2. The van der Waals surface area contributed by atoms with E-state index in [0.717, 1.165) is 11.1 Å². The first-order valence-electron chi connectivity index (χ1n) is 9.67. The minimum Gasteiger partial charge on any atom is -0.489 e. The molecule has 1 amide bonds. The van der Waals surface area contributed by atoms with E-state index in [4.69, 9.17) is 16.3 Å². The van der Waals surface area contributed by atoms with Crippen molar-refractivity contribution in [3.05, 3.63) is 101 Å². The van der Waals surface area contributed by atoms with Crippen LogP contribution in [0.15, 0.2) is 78.9 Å². The van der Waals surface area contributed by atoms with Crippen LogP contribution in [-0.2, 0) is 13.2 Å². The van der Waals surface area contributed by atoms with Gasteiger partial charge in [0.1, 0.15) is 12.4 Å². The second-order valence-electron chi connectivity index (χ2n) is 7.95. The van der Waals surface area contributed by atoms with Gasteiger partial charge in [-0.2, -0.15) is 0 Å². The third-order valence-electron chi connectivity index (χ3n) is 4.69. The van der Waals surface area contributed by atoms with Gasteiger partial charge in [0, 0.05) is 28.2 Å². The molecule has 0 atom stereocenters. The summed E-state index contributed by atoms with van der Waals surface area (Å²) in [5.41, 5.74) is 2.37. The number of ether oxygens (including phenoxy) is 1. The van der Waals surface area contributed by atoms with Crippen molar-refractivity contribution >= 4 is 17.5 Å². The Kier molecular flexibility index (Phi) is 6.60. The van der Waals surface area contributed by atoms with Crippen LogP contribution in [0.5, 0.6) is 5.75 Å². The van der Waals surface area contributed by atoms with Gasteiger partial charge >= 0.3 is 0 Å². The second-order valence-corrected chi connectivity index (χ2v) is 8.36. The van der Waals surface area contributed by atoms with E-state index in [0.29, 0.717) is 29.5 Å². The van der Waals surface area contributed by atoms with Crippen molar-refractivity contribution in [2.45, 2.75) is 39.5 Å². The van der Waals surface area contributed by atoms with E-state index >= 15 is 0 Å². The van der Waals surface area contributed by atoms with Gasteiger partial charge in [0.05, 0.1) is 0 Å². The van der Waals surface area contributed by atoms with Gasteiger partial charge in [0.15, 0.2) is 0 Å². The number of amides is 1. The minimum absolute atomic E-state index is 0.000920. The maximum absolute atomic E-state index is 13.2. The van der Waals surface area contributed by atoms with Crippen molar-refractivity contribution in [3.63, 3.8) is 0 Å². The van der Waals surface area contributed by atoms with Crippen LogP contribution in [-0.4, -0.2) is 16.3 Å². The summed E-state index contributed by atoms with van der Waals surface area (Å²) in [6.07, 6.45) is 0. The first kappa shape index (κ1) is 20.9. The van der Waals surface area contributed by atoms with E-state index < -0.39 is 0 Å². The van der Waals surface area contributed by atoms with Crippen molar-refractivity contribution in [2.24, 2.45) is 0 Å². The quantitative estimate of drug-likeness (QED) is 0.475. The Morgan fingerprint density at radius 3 is 2.14 bits per heavy atom. The van der Waals surface area contributed by atoms with Crippen LogP contribution in [0.4, 0.5) is 0 Å². The topological polar surface area (TPSA) is 29.5 Å². The van der Waals surface area contributed by atoms with E-state index in [2.05, 4.69) is 20.8 Å². The summed E-state index contributed by atoms with van der Waals surface area (Å²) in [6.45, 7) is 7.10. The number of rotatable bonds is 6. The summed E-state index contributed by atoms with van der Waals surface area (Å²) in [4.78, 5) is 15.1. The molecule has 0 aliphatic rings. The second kappa shape index (κ2) is 9.15. The van der Waals surface area contributed by atoms with Gasteiger partial charge in [0.2, 0.25) is 0 Å². The third kappa shape index (κ3) is 5.61. The van der Waals surface area contributed by atoms with Crippen LogP contribution >= 0.6 is 11.6 Å². The lowest BCUT2D eigenvalue weighted by molar-refractivity contribution is 0.0559. The van der Waals surface area contributed by atoms with Crippen molar-refractivity contribution in [3.8, 4) is 5.75 Å². The van der Waals surface area contributed by atoms with E-state index in [-0.39, 0.29) is 11.4 Å². The molecule has 0 aliphatic carbocycles. The fraction of sp³-hybridized carbons (Fsp3) is 0.240. The van der Waals surface area contributed by atoms with Crippen LogP contribution < -0.4 is 4.74 Å². The number of nitrogens with zero attached hydrogens (tertiary/aromatic N) is 1. The average Bonchev–Trinajstić information content (AvgIpc) is 2.71. The monoisotopic (exact) mass is 407 g/mol. The summed E-state index contributed by atoms with van der Waals surface area (Å²) >= 11 is 6.17. The van der Waals surface area contributed by atoms with Crippen LogP contribution in [0.3, 0.4) is 0 Å². The van der Waals surface area contributed by atoms with E-state index in [1.54, 1.807) is 0 Å². The van der Waals surface area contributed by atoms with Gasteiger partial charge < -0.3 is 9.64 Å². The molecule has 3 aromatic carbocycles. The highest BCUT2D eigenvalue weighted by atomic mass is 35.5. The Hall–Kier alpha value is -2.78. The molecule has 3 aromatic rings. The molecular weight excluding hydrogens is 382 g/mol. The number of hydrogen-bond donors (Lipinski definition) is 0. The molecule has 0 fully saturated rings. The number of carbonyl (C=O) groups is 1. The highest BCUT2D eigenvalue weighted by Gasteiger charge is 2.27. The standard InChI is InChI=1S/C25H26ClNO2/c1-25(2,3)27(17-19-9-5-4-6-10-19)24(28)20-13-15-22(16-14-20)29-18-21-11-7-8-12-23(21)26/h4-16H,17-18H2,1-3H3. The summed E-state index contributed by atoms with van der Waals surface area (Å²) in [5, 5.41) is 0.682. The molecule has 0 unspecified atom stereocenters. The Morgan fingerprint density at radius 2 is 1.52 bits per heavy atom. The van der Waals surface area contributed by atoms with Crippen LogP contribution in [0.1, 0.15) is 42.3 Å². The molecule has 0 aliphatic heterocycles. The fourth-order valence-corrected chi connectivity index (χ4v) is 3.20. The first-order valence-corrected chi connectivity index (χ1v) is 10.0. The predicted molar refractivity (Wildman–Crippen MR) is 118 cm³/mol. The van der Waals surface area contributed by atoms with Gasteiger partial charge in [-0.25, -0.2) is 0 Å². The van der Waals surface area contributed by atoms with Crippen LogP contribution in [0.25, 0.3) is 0 Å². The Balaban J connectivity index is 1.71. The SMILES string of the molecule is CC(C)(C)N(Cc1ccccc1)C(=O)c1ccc(OCc2ccccc2Cl)cc1. The lowest BCUT2D eigenvalue weighted by atomic mass is 10.0. The molecule has 0 saturated carbocycles. The average molecular weight is 408 g/mol. The summed E-state index contributed by atoms with van der Waals surface area (Å²) in [7, 11) is 0. The van der Waals surface area contributed by atoms with Crippen LogP contribution in [0.2, 0.25) is 5.02 Å². The highest BCUT2D eigenvalue weighted by molar-refractivity contribution is 6.31. The molecule has 3 rings (SSSR count). The van der Waals surface area contributed by atoms with Gasteiger partial charge in [-0.05, 0) is 56.7 Å². The summed E-state index contributed by atoms with van der Waals surface area (Å²) < 4.78 is 5.82. The number of halogens is 1. The molecule has 0 heterocycles. The highest BCUT2D eigenvalue weighted by Crippen LogP contribution is 2.23. The third-order valence-corrected chi connectivity index (χ3v) is 5.06. The molecule has 0 bridgehead atoms. The lowest BCUT2D eigenvalue weighted by Crippen LogP contribution is -2.45. The Labute approximate surface area is 177 Å². The zero-order chi connectivity index (χ0) is 20.9. The summed E-state index contributed by atoms with van der Waals surface area (Å²) in [6, 6.07) is 24.9. The number of benzene rings is 3. The number of hydrogen-bond acceptors (Lipinski definition) is 2. The summed E-state index contributed by atoms with van der Waals surface area (Å²) in [5.74, 6) is 0.700. The van der Waals surface area contributed by atoms with Gasteiger partial charge in [-0.3, -0.25) is 4.79 Å². The van der Waals surface area contributed by atoms with Gasteiger partial charge in [-0.15, -0.1) is 0 Å². The zero-order valence-corrected chi connectivity index (χ0v) is 17.8. The molecule has 0 N–H and O–H groups in total. The Bertz CT molecular complexity index is 947. The normalized spacial score (nSPS) is 11.2. The van der Waals surface area contributed by atoms with Gasteiger partial charge in [0.25, 0.3) is 5.91 Å². The molecule has 29 heavy (non-hydrogen) atoms.